The maximum atomic E-state index is 11.9. The molecule has 1 aliphatic rings. The third-order valence-electron chi connectivity index (χ3n) is 3.89. The first-order valence-corrected chi connectivity index (χ1v) is 7.91. The Hall–Kier alpha value is -1.98. The molecular formula is C18H21NO4. The average Bonchev–Trinajstić information content (AvgIpc) is 2.99. The van der Waals surface area contributed by atoms with E-state index in [-0.39, 0.29) is 18.0 Å². The van der Waals surface area contributed by atoms with Crippen LogP contribution in [0.3, 0.4) is 0 Å². The number of nitrogens with zero attached hydrogens (tertiary/aromatic N) is 1. The van der Waals surface area contributed by atoms with Gasteiger partial charge in [0.1, 0.15) is 23.8 Å². The second-order valence-corrected chi connectivity index (χ2v) is 5.81. The van der Waals surface area contributed by atoms with Crippen molar-refractivity contribution >= 4 is 5.78 Å². The quantitative estimate of drug-likeness (QED) is 0.765. The highest BCUT2D eigenvalue weighted by Crippen LogP contribution is 2.30. The second kappa shape index (κ2) is 7.53. The predicted octanol–water partition coefficient (Wildman–Crippen LogP) is 3.38. The summed E-state index contributed by atoms with van der Waals surface area (Å²) in [5, 5.41) is 0. The molecule has 0 saturated carbocycles. The van der Waals surface area contributed by atoms with Gasteiger partial charge in [-0.15, -0.1) is 0 Å². The summed E-state index contributed by atoms with van der Waals surface area (Å²) < 4.78 is 16.9. The molecule has 1 aliphatic heterocycles. The van der Waals surface area contributed by atoms with Crippen molar-refractivity contribution in [2.24, 2.45) is 0 Å². The first-order valence-electron chi connectivity index (χ1n) is 7.91. The Bertz CT molecular complexity index is 637. The molecule has 23 heavy (non-hydrogen) atoms. The van der Waals surface area contributed by atoms with Crippen LogP contribution in [0.25, 0.3) is 0 Å². The van der Waals surface area contributed by atoms with Crippen molar-refractivity contribution in [3.8, 4) is 0 Å². The van der Waals surface area contributed by atoms with Gasteiger partial charge in [-0.25, -0.2) is 4.98 Å². The van der Waals surface area contributed by atoms with E-state index in [0.29, 0.717) is 44.1 Å². The van der Waals surface area contributed by atoms with Crippen molar-refractivity contribution in [3.05, 3.63) is 53.7 Å². The van der Waals surface area contributed by atoms with E-state index in [4.69, 9.17) is 13.9 Å². The molecule has 2 aromatic rings. The highest BCUT2D eigenvalue weighted by atomic mass is 16.5. The minimum absolute atomic E-state index is 0.117. The van der Waals surface area contributed by atoms with Crippen LogP contribution in [0, 0.1) is 6.92 Å². The van der Waals surface area contributed by atoms with Crippen LogP contribution in [-0.4, -0.2) is 23.5 Å². The molecule has 0 spiro atoms. The number of aromatic nitrogens is 1. The fraction of sp³-hybridized carbons (Fsp3) is 0.444. The standard InChI is InChI=1S/C18H21NO4/c1-13-19-17(12-22-13)18-10-15(20)9-16(23-18)7-8-21-11-14-5-3-2-4-6-14/h2-6,12,16,18H,7-11H2,1H3/t16-,18-/m1/s1. The molecule has 5 nitrogen and oxygen atoms in total. The third kappa shape index (κ3) is 4.50. The first-order chi connectivity index (χ1) is 11.2. The van der Waals surface area contributed by atoms with Gasteiger partial charge in [0, 0.05) is 26.4 Å². The minimum Gasteiger partial charge on any atom is -0.449 e. The highest BCUT2D eigenvalue weighted by Gasteiger charge is 2.30. The van der Waals surface area contributed by atoms with Crippen LogP contribution in [0.4, 0.5) is 0 Å². The van der Waals surface area contributed by atoms with Gasteiger partial charge < -0.3 is 13.9 Å². The lowest BCUT2D eigenvalue weighted by molar-refractivity contribution is -0.137. The van der Waals surface area contributed by atoms with Gasteiger partial charge in [-0.2, -0.15) is 0 Å². The summed E-state index contributed by atoms with van der Waals surface area (Å²) in [6.07, 6.45) is 2.67. The number of hydrogen-bond acceptors (Lipinski definition) is 5. The maximum Gasteiger partial charge on any atom is 0.191 e. The number of benzene rings is 1. The van der Waals surface area contributed by atoms with Crippen LogP contribution in [-0.2, 0) is 20.9 Å². The Kier molecular flexibility index (Phi) is 5.20. The Morgan fingerprint density at radius 1 is 1.26 bits per heavy atom. The number of ether oxygens (including phenoxy) is 2. The molecule has 0 N–H and O–H groups in total. The van der Waals surface area contributed by atoms with Crippen LogP contribution < -0.4 is 0 Å². The van der Waals surface area contributed by atoms with Gasteiger partial charge in [0.25, 0.3) is 0 Å². The molecule has 0 amide bonds. The minimum atomic E-state index is -0.298. The number of oxazole rings is 1. The molecular weight excluding hydrogens is 294 g/mol. The van der Waals surface area contributed by atoms with Gasteiger partial charge in [0.2, 0.25) is 0 Å². The Morgan fingerprint density at radius 3 is 2.83 bits per heavy atom. The van der Waals surface area contributed by atoms with E-state index in [1.165, 1.54) is 0 Å². The van der Waals surface area contributed by atoms with Crippen molar-refractivity contribution in [1.29, 1.82) is 0 Å². The van der Waals surface area contributed by atoms with Crippen LogP contribution in [0.15, 0.2) is 41.0 Å². The molecule has 0 radical (unpaired) electrons. The Balaban J connectivity index is 1.47. The number of rotatable bonds is 6. The number of Topliss-reactive ketones (excluding diaryl/α,β-unsaturated/α-hetero) is 1. The van der Waals surface area contributed by atoms with E-state index >= 15 is 0 Å². The van der Waals surface area contributed by atoms with Crippen molar-refractivity contribution in [2.45, 2.75) is 45.0 Å². The number of ketones is 1. The van der Waals surface area contributed by atoms with Gasteiger partial charge in [-0.1, -0.05) is 30.3 Å². The first kappa shape index (κ1) is 15.9. The van der Waals surface area contributed by atoms with E-state index in [9.17, 15) is 4.79 Å². The summed E-state index contributed by atoms with van der Waals surface area (Å²) in [5.74, 6) is 0.791. The second-order valence-electron chi connectivity index (χ2n) is 5.81. The molecule has 3 rings (SSSR count). The van der Waals surface area contributed by atoms with E-state index in [2.05, 4.69) is 4.98 Å². The van der Waals surface area contributed by atoms with Crippen molar-refractivity contribution in [2.75, 3.05) is 6.61 Å². The zero-order valence-electron chi connectivity index (χ0n) is 13.2. The summed E-state index contributed by atoms with van der Waals surface area (Å²) in [7, 11) is 0. The number of hydrogen-bond donors (Lipinski definition) is 0. The SMILES string of the molecule is Cc1nc([C@H]2CC(=O)C[C@@H](CCOCc3ccccc3)O2)co1. The lowest BCUT2D eigenvalue weighted by Crippen LogP contribution is -2.29. The summed E-state index contributed by atoms with van der Waals surface area (Å²) in [4.78, 5) is 16.2. The van der Waals surface area contributed by atoms with Crippen molar-refractivity contribution in [3.63, 3.8) is 0 Å². The number of aryl methyl sites for hydroxylation is 1. The molecule has 5 heteroatoms. The van der Waals surface area contributed by atoms with Gasteiger partial charge in [-0.05, 0) is 12.0 Å². The van der Waals surface area contributed by atoms with Crippen LogP contribution in [0.1, 0.15) is 42.5 Å². The van der Waals surface area contributed by atoms with Gasteiger partial charge >= 0.3 is 0 Å². The fourth-order valence-electron chi connectivity index (χ4n) is 2.72. The largest absolute Gasteiger partial charge is 0.449 e. The van der Waals surface area contributed by atoms with Gasteiger partial charge in [-0.3, -0.25) is 4.79 Å². The Morgan fingerprint density at radius 2 is 2.09 bits per heavy atom. The smallest absolute Gasteiger partial charge is 0.191 e. The van der Waals surface area contributed by atoms with Gasteiger partial charge in [0.15, 0.2) is 5.89 Å². The van der Waals surface area contributed by atoms with Gasteiger partial charge in [0.05, 0.1) is 12.7 Å². The zero-order chi connectivity index (χ0) is 16.1. The summed E-state index contributed by atoms with van der Waals surface area (Å²) in [6.45, 7) is 2.92. The summed E-state index contributed by atoms with van der Waals surface area (Å²) in [6, 6.07) is 10.0. The van der Waals surface area contributed by atoms with E-state index in [1.807, 2.05) is 30.3 Å². The van der Waals surface area contributed by atoms with Crippen molar-refractivity contribution in [1.82, 2.24) is 4.98 Å². The molecule has 1 aromatic carbocycles. The van der Waals surface area contributed by atoms with E-state index in [0.717, 1.165) is 5.56 Å². The normalized spacial score (nSPS) is 21.5. The zero-order valence-corrected chi connectivity index (χ0v) is 13.2. The lowest BCUT2D eigenvalue weighted by atomic mass is 9.99. The fourth-order valence-corrected chi connectivity index (χ4v) is 2.72. The van der Waals surface area contributed by atoms with Crippen molar-refractivity contribution < 1.29 is 18.7 Å². The maximum absolute atomic E-state index is 11.9. The molecule has 122 valence electrons. The Labute approximate surface area is 135 Å². The van der Waals surface area contributed by atoms with E-state index in [1.54, 1.807) is 13.2 Å². The monoisotopic (exact) mass is 315 g/mol. The molecule has 1 fully saturated rings. The molecule has 0 bridgehead atoms. The highest BCUT2D eigenvalue weighted by molar-refractivity contribution is 5.80. The number of carbonyl (C=O) groups is 1. The molecule has 0 unspecified atom stereocenters. The molecule has 2 heterocycles. The topological polar surface area (TPSA) is 61.6 Å². The summed E-state index contributed by atoms with van der Waals surface area (Å²) >= 11 is 0. The lowest BCUT2D eigenvalue weighted by Gasteiger charge is -2.28. The van der Waals surface area contributed by atoms with Crippen LogP contribution in [0.5, 0.6) is 0 Å². The third-order valence-corrected chi connectivity index (χ3v) is 3.89. The van der Waals surface area contributed by atoms with E-state index < -0.39 is 0 Å². The number of carbonyl (C=O) groups excluding carboxylic acids is 1. The van der Waals surface area contributed by atoms with Crippen LogP contribution in [0.2, 0.25) is 0 Å². The van der Waals surface area contributed by atoms with Crippen LogP contribution >= 0.6 is 0 Å². The molecule has 0 aliphatic carbocycles. The average molecular weight is 315 g/mol. The molecule has 1 aromatic heterocycles. The molecule has 2 atom stereocenters. The predicted molar refractivity (Wildman–Crippen MR) is 83.8 cm³/mol. The summed E-state index contributed by atoms with van der Waals surface area (Å²) in [5.41, 5.74) is 1.84. The molecule has 1 saturated heterocycles.